The Kier molecular flexibility index (Phi) is 6.10. The standard InChI is InChI=1S/C23H31N3O3/c1-7-28-19-11-16-9-10-26(15(3)18(16)12-20(19)29-8-2)21(27)17-13-24-22(25-14-17)23(4,5)6/h11-15H,7-10H2,1-6H3. The molecule has 6 nitrogen and oxygen atoms in total. The molecule has 1 amide bonds. The van der Waals surface area contributed by atoms with E-state index in [9.17, 15) is 4.79 Å². The molecule has 1 aromatic carbocycles. The number of hydrogen-bond donors (Lipinski definition) is 0. The molecule has 1 aliphatic heterocycles. The summed E-state index contributed by atoms with van der Waals surface area (Å²) in [4.78, 5) is 23.9. The fraction of sp³-hybridized carbons (Fsp3) is 0.522. The van der Waals surface area contributed by atoms with Gasteiger partial charge in [0.15, 0.2) is 11.5 Å². The number of hydrogen-bond acceptors (Lipinski definition) is 5. The van der Waals surface area contributed by atoms with Crippen LogP contribution in [0.25, 0.3) is 0 Å². The van der Waals surface area contributed by atoms with Gasteiger partial charge >= 0.3 is 0 Å². The van der Waals surface area contributed by atoms with Gasteiger partial charge in [0.1, 0.15) is 5.82 Å². The molecule has 1 aromatic heterocycles. The zero-order valence-electron chi connectivity index (χ0n) is 18.3. The largest absolute Gasteiger partial charge is 0.490 e. The summed E-state index contributed by atoms with van der Waals surface area (Å²) in [6.07, 6.45) is 4.06. The highest BCUT2D eigenvalue weighted by molar-refractivity contribution is 5.94. The lowest BCUT2D eigenvalue weighted by Gasteiger charge is -2.36. The van der Waals surface area contributed by atoms with Crippen LogP contribution in [0.15, 0.2) is 24.5 Å². The van der Waals surface area contributed by atoms with Crippen LogP contribution in [-0.4, -0.2) is 40.5 Å². The Morgan fingerprint density at radius 1 is 1.10 bits per heavy atom. The number of amides is 1. The SMILES string of the molecule is CCOc1cc2c(cc1OCC)C(C)N(C(=O)c1cnc(C(C)(C)C)nc1)CC2. The number of carbonyl (C=O) groups excluding carboxylic acids is 1. The van der Waals surface area contributed by atoms with E-state index in [1.54, 1.807) is 12.4 Å². The molecule has 0 N–H and O–H groups in total. The second-order valence-corrected chi connectivity index (χ2v) is 8.33. The Hall–Kier alpha value is -2.63. The van der Waals surface area contributed by atoms with Crippen LogP contribution in [0.2, 0.25) is 0 Å². The number of ether oxygens (including phenoxy) is 2. The zero-order valence-corrected chi connectivity index (χ0v) is 18.3. The molecule has 0 saturated carbocycles. The van der Waals surface area contributed by atoms with E-state index in [1.165, 1.54) is 5.56 Å². The lowest BCUT2D eigenvalue weighted by atomic mass is 9.92. The second kappa shape index (κ2) is 8.39. The molecule has 156 valence electrons. The van der Waals surface area contributed by atoms with E-state index in [4.69, 9.17) is 9.47 Å². The fourth-order valence-electron chi connectivity index (χ4n) is 3.63. The van der Waals surface area contributed by atoms with Crippen molar-refractivity contribution in [1.29, 1.82) is 0 Å². The monoisotopic (exact) mass is 397 g/mol. The van der Waals surface area contributed by atoms with Gasteiger partial charge in [-0.2, -0.15) is 0 Å². The Bertz CT molecular complexity index is 872. The van der Waals surface area contributed by atoms with Crippen LogP contribution >= 0.6 is 0 Å². The molecule has 29 heavy (non-hydrogen) atoms. The van der Waals surface area contributed by atoms with E-state index in [1.807, 2.05) is 24.8 Å². The lowest BCUT2D eigenvalue weighted by Crippen LogP contribution is -2.39. The van der Waals surface area contributed by atoms with E-state index in [0.29, 0.717) is 25.3 Å². The van der Waals surface area contributed by atoms with E-state index < -0.39 is 0 Å². The molecular weight excluding hydrogens is 366 g/mol. The van der Waals surface area contributed by atoms with E-state index in [2.05, 4.69) is 43.7 Å². The van der Waals surface area contributed by atoms with Crippen molar-refractivity contribution in [2.75, 3.05) is 19.8 Å². The van der Waals surface area contributed by atoms with Gasteiger partial charge in [0.25, 0.3) is 5.91 Å². The Morgan fingerprint density at radius 2 is 1.69 bits per heavy atom. The maximum Gasteiger partial charge on any atom is 0.257 e. The van der Waals surface area contributed by atoms with Crippen molar-refractivity contribution in [2.45, 2.75) is 59.4 Å². The normalized spacial score (nSPS) is 16.3. The van der Waals surface area contributed by atoms with Gasteiger partial charge in [0.05, 0.1) is 24.8 Å². The summed E-state index contributed by atoms with van der Waals surface area (Å²) in [5.74, 6) is 2.18. The third kappa shape index (κ3) is 4.36. The van der Waals surface area contributed by atoms with Crippen LogP contribution in [-0.2, 0) is 11.8 Å². The minimum absolute atomic E-state index is 0.0459. The van der Waals surface area contributed by atoms with Crippen molar-refractivity contribution in [1.82, 2.24) is 14.9 Å². The van der Waals surface area contributed by atoms with Gasteiger partial charge in [-0.3, -0.25) is 4.79 Å². The minimum atomic E-state index is -0.146. The molecule has 0 aliphatic carbocycles. The number of aromatic nitrogens is 2. The maximum absolute atomic E-state index is 13.2. The van der Waals surface area contributed by atoms with Crippen molar-refractivity contribution < 1.29 is 14.3 Å². The van der Waals surface area contributed by atoms with Crippen molar-refractivity contribution in [3.05, 3.63) is 47.0 Å². The van der Waals surface area contributed by atoms with E-state index in [-0.39, 0.29) is 17.4 Å². The highest BCUT2D eigenvalue weighted by Gasteiger charge is 2.30. The van der Waals surface area contributed by atoms with Crippen LogP contribution < -0.4 is 9.47 Å². The van der Waals surface area contributed by atoms with Crippen LogP contribution in [0.5, 0.6) is 11.5 Å². The average molecular weight is 398 g/mol. The number of rotatable bonds is 5. The smallest absolute Gasteiger partial charge is 0.257 e. The molecule has 1 atom stereocenters. The summed E-state index contributed by atoms with van der Waals surface area (Å²) in [6, 6.07) is 4.01. The van der Waals surface area contributed by atoms with Gasteiger partial charge < -0.3 is 14.4 Å². The second-order valence-electron chi connectivity index (χ2n) is 8.33. The summed E-state index contributed by atoms with van der Waals surface area (Å²) in [5.41, 5.74) is 2.67. The van der Waals surface area contributed by atoms with Gasteiger partial charge in [-0.25, -0.2) is 9.97 Å². The van der Waals surface area contributed by atoms with Gasteiger partial charge in [-0.1, -0.05) is 20.8 Å². The first kappa shape index (κ1) is 21.1. The van der Waals surface area contributed by atoms with Crippen molar-refractivity contribution >= 4 is 5.91 Å². The Labute approximate surface area is 173 Å². The molecule has 2 heterocycles. The Balaban J connectivity index is 1.87. The first-order valence-electron chi connectivity index (χ1n) is 10.3. The summed E-state index contributed by atoms with van der Waals surface area (Å²) >= 11 is 0. The molecule has 0 radical (unpaired) electrons. The summed E-state index contributed by atoms with van der Waals surface area (Å²) in [6.45, 7) is 13.9. The topological polar surface area (TPSA) is 64.6 Å². The molecule has 1 aliphatic rings. The zero-order chi connectivity index (χ0) is 21.2. The Morgan fingerprint density at radius 3 is 2.24 bits per heavy atom. The predicted molar refractivity (Wildman–Crippen MR) is 113 cm³/mol. The average Bonchev–Trinajstić information content (AvgIpc) is 2.68. The molecule has 2 aromatic rings. The fourth-order valence-corrected chi connectivity index (χ4v) is 3.63. The van der Waals surface area contributed by atoms with Crippen molar-refractivity contribution in [3.63, 3.8) is 0 Å². The molecular formula is C23H31N3O3. The molecule has 0 spiro atoms. The third-order valence-electron chi connectivity index (χ3n) is 5.18. The van der Waals surface area contributed by atoms with Crippen LogP contribution in [0, 0.1) is 0 Å². The first-order chi connectivity index (χ1) is 13.8. The van der Waals surface area contributed by atoms with Gasteiger partial charge in [0.2, 0.25) is 0 Å². The third-order valence-corrected chi connectivity index (χ3v) is 5.18. The van der Waals surface area contributed by atoms with E-state index >= 15 is 0 Å². The molecule has 0 saturated heterocycles. The molecule has 0 bridgehead atoms. The van der Waals surface area contributed by atoms with Gasteiger partial charge in [-0.05, 0) is 50.5 Å². The summed E-state index contributed by atoms with van der Waals surface area (Å²) in [5, 5.41) is 0. The minimum Gasteiger partial charge on any atom is -0.490 e. The van der Waals surface area contributed by atoms with Crippen LogP contribution in [0.1, 0.15) is 74.9 Å². The molecule has 0 fully saturated rings. The van der Waals surface area contributed by atoms with Crippen molar-refractivity contribution in [2.24, 2.45) is 0 Å². The number of nitrogens with zero attached hydrogens (tertiary/aromatic N) is 3. The molecule has 1 unspecified atom stereocenters. The highest BCUT2D eigenvalue weighted by Crippen LogP contribution is 2.38. The molecule has 3 rings (SSSR count). The summed E-state index contributed by atoms with van der Waals surface area (Å²) < 4.78 is 11.5. The van der Waals surface area contributed by atoms with Crippen LogP contribution in [0.3, 0.4) is 0 Å². The number of carbonyl (C=O) groups is 1. The van der Waals surface area contributed by atoms with Crippen LogP contribution in [0.4, 0.5) is 0 Å². The first-order valence-corrected chi connectivity index (χ1v) is 10.3. The lowest BCUT2D eigenvalue weighted by molar-refractivity contribution is 0.0676. The summed E-state index contributed by atoms with van der Waals surface area (Å²) in [7, 11) is 0. The quantitative estimate of drug-likeness (QED) is 0.751. The maximum atomic E-state index is 13.2. The van der Waals surface area contributed by atoms with E-state index in [0.717, 1.165) is 29.3 Å². The highest BCUT2D eigenvalue weighted by atomic mass is 16.5. The van der Waals surface area contributed by atoms with Crippen molar-refractivity contribution in [3.8, 4) is 11.5 Å². The molecule has 6 heteroatoms. The number of benzene rings is 1. The van der Waals surface area contributed by atoms with Gasteiger partial charge in [0, 0.05) is 24.4 Å². The van der Waals surface area contributed by atoms with Gasteiger partial charge in [-0.15, -0.1) is 0 Å². The number of fused-ring (bicyclic) bond motifs is 1. The predicted octanol–water partition coefficient (Wildman–Crippen LogP) is 4.33.